The number of nitrogen functional groups attached to an aromatic ring is 1. The molecule has 1 saturated carbocycles. The van der Waals surface area contributed by atoms with Crippen molar-refractivity contribution in [3.63, 3.8) is 0 Å². The Kier molecular flexibility index (Phi) is 16.2. The van der Waals surface area contributed by atoms with Crippen LogP contribution in [0.4, 0.5) is 17.1 Å². The molecular weight excluding hydrogens is 725 g/mol. The molecular formula is C36H45BrCl3N3O4. The van der Waals surface area contributed by atoms with Gasteiger partial charge in [0.25, 0.3) is 0 Å². The van der Waals surface area contributed by atoms with Crippen LogP contribution in [0.15, 0.2) is 59.1 Å². The molecule has 47 heavy (non-hydrogen) atoms. The molecule has 0 bridgehead atoms. The summed E-state index contributed by atoms with van der Waals surface area (Å²) in [6.45, 7) is 3.51. The number of benzene rings is 3. The lowest BCUT2D eigenvalue weighted by Crippen LogP contribution is -2.45. The van der Waals surface area contributed by atoms with E-state index in [0.29, 0.717) is 51.2 Å². The molecule has 4 rings (SSSR count). The first-order chi connectivity index (χ1) is 22.2. The Balaban J connectivity index is 0.00000600. The molecule has 0 atom stereocenters. The molecule has 3 aromatic rings. The standard InChI is InChI=1S/C36H44BrCl2N3O4.ClH/c1-2-36(17-8-5-9-18-36)41-24-27-21-26(22-28(37)33(27)40)35(44)46-20-11-4-3-10-19-45-32(43)23-25-13-6-7-16-31(25)42-34-29(38)14-12-15-30(34)39;/h6-7,12-16,21-22,41-42H,2-5,8-11,17-20,23-24,40H2,1H3;1H. The van der Waals surface area contributed by atoms with Crippen LogP contribution in [0.3, 0.4) is 0 Å². The Morgan fingerprint density at radius 3 is 2.23 bits per heavy atom. The van der Waals surface area contributed by atoms with E-state index in [2.05, 4.69) is 33.5 Å². The Bertz CT molecular complexity index is 1460. The third kappa shape index (κ3) is 11.6. The monoisotopic (exact) mass is 767 g/mol. The molecule has 1 aliphatic rings. The maximum Gasteiger partial charge on any atom is 0.338 e. The molecule has 0 aliphatic heterocycles. The van der Waals surface area contributed by atoms with Gasteiger partial charge in [-0.05, 0) is 102 Å². The molecule has 4 N–H and O–H groups in total. The van der Waals surface area contributed by atoms with E-state index >= 15 is 0 Å². The molecule has 0 aromatic heterocycles. The number of carbonyl (C=O) groups is 2. The second-order valence-corrected chi connectivity index (χ2v) is 13.6. The normalized spacial score (nSPS) is 13.8. The van der Waals surface area contributed by atoms with Crippen LogP contribution in [0.25, 0.3) is 0 Å². The van der Waals surface area contributed by atoms with Gasteiger partial charge in [-0.1, -0.05) is 73.7 Å². The summed E-state index contributed by atoms with van der Waals surface area (Å²) in [4.78, 5) is 25.4. The summed E-state index contributed by atoms with van der Waals surface area (Å²) in [7, 11) is 0. The average molecular weight is 770 g/mol. The largest absolute Gasteiger partial charge is 0.465 e. The van der Waals surface area contributed by atoms with Gasteiger partial charge in [0.2, 0.25) is 0 Å². The lowest BCUT2D eigenvalue weighted by Gasteiger charge is -2.38. The van der Waals surface area contributed by atoms with E-state index in [9.17, 15) is 9.59 Å². The van der Waals surface area contributed by atoms with Crippen molar-refractivity contribution < 1.29 is 19.1 Å². The molecule has 3 aromatic carbocycles. The van der Waals surface area contributed by atoms with Crippen LogP contribution in [0.1, 0.15) is 92.6 Å². The number of hydrogen-bond donors (Lipinski definition) is 3. The molecule has 0 saturated heterocycles. The van der Waals surface area contributed by atoms with E-state index in [1.807, 2.05) is 30.3 Å². The predicted molar refractivity (Wildman–Crippen MR) is 198 cm³/mol. The Morgan fingerprint density at radius 2 is 1.55 bits per heavy atom. The molecule has 0 spiro atoms. The zero-order valence-corrected chi connectivity index (χ0v) is 30.8. The average Bonchev–Trinajstić information content (AvgIpc) is 3.05. The van der Waals surface area contributed by atoms with E-state index in [4.69, 9.17) is 38.4 Å². The molecule has 0 unspecified atom stereocenters. The molecule has 7 nitrogen and oxygen atoms in total. The van der Waals surface area contributed by atoms with Crippen LogP contribution in [0.2, 0.25) is 10.0 Å². The summed E-state index contributed by atoms with van der Waals surface area (Å²) >= 11 is 16.1. The maximum atomic E-state index is 12.8. The van der Waals surface area contributed by atoms with Crippen molar-refractivity contribution in [2.45, 2.75) is 89.6 Å². The molecule has 0 amide bonds. The summed E-state index contributed by atoms with van der Waals surface area (Å²) < 4.78 is 11.7. The van der Waals surface area contributed by atoms with Crippen LogP contribution in [0, 0.1) is 0 Å². The zero-order chi connectivity index (χ0) is 32.9. The molecule has 11 heteroatoms. The number of halogens is 4. The van der Waals surface area contributed by atoms with Crippen molar-refractivity contribution in [1.82, 2.24) is 5.32 Å². The highest BCUT2D eigenvalue weighted by molar-refractivity contribution is 9.10. The van der Waals surface area contributed by atoms with Crippen molar-refractivity contribution in [3.8, 4) is 0 Å². The van der Waals surface area contributed by atoms with Gasteiger partial charge in [0.15, 0.2) is 0 Å². The van der Waals surface area contributed by atoms with E-state index < -0.39 is 0 Å². The van der Waals surface area contributed by atoms with Crippen molar-refractivity contribution in [1.29, 1.82) is 0 Å². The van der Waals surface area contributed by atoms with Gasteiger partial charge < -0.3 is 25.8 Å². The van der Waals surface area contributed by atoms with Gasteiger partial charge in [-0.3, -0.25) is 4.79 Å². The first kappa shape index (κ1) is 39.0. The highest BCUT2D eigenvalue weighted by atomic mass is 79.9. The Labute approximate surface area is 303 Å². The van der Waals surface area contributed by atoms with Crippen molar-refractivity contribution >= 4 is 80.5 Å². The van der Waals surface area contributed by atoms with Crippen molar-refractivity contribution in [2.75, 3.05) is 24.3 Å². The SMILES string of the molecule is CCC1(NCc2cc(C(=O)OCCCCCCOC(=O)Cc3ccccc3Nc3c(Cl)cccc3Cl)cc(Br)c2N)CCCCC1.Cl. The molecule has 1 aliphatic carbocycles. The molecule has 256 valence electrons. The number of para-hydroxylation sites is 2. The molecule has 0 radical (unpaired) electrons. The third-order valence-corrected chi connectivity index (χ3v) is 9.99. The fourth-order valence-electron chi connectivity index (χ4n) is 5.85. The topological polar surface area (TPSA) is 103 Å². The van der Waals surface area contributed by atoms with E-state index in [-0.39, 0.29) is 36.3 Å². The lowest BCUT2D eigenvalue weighted by atomic mass is 9.79. The first-order valence-corrected chi connectivity index (χ1v) is 17.7. The third-order valence-electron chi connectivity index (χ3n) is 8.70. The quantitative estimate of drug-likeness (QED) is 0.0757. The van der Waals surface area contributed by atoms with Crippen LogP contribution in [0.5, 0.6) is 0 Å². The number of anilines is 3. The van der Waals surface area contributed by atoms with Crippen molar-refractivity contribution in [2.24, 2.45) is 0 Å². The minimum atomic E-state index is -0.356. The number of unbranched alkanes of at least 4 members (excludes halogenated alkanes) is 3. The maximum absolute atomic E-state index is 12.8. The lowest BCUT2D eigenvalue weighted by molar-refractivity contribution is -0.142. The van der Waals surface area contributed by atoms with Gasteiger partial charge in [0.1, 0.15) is 0 Å². The number of esters is 2. The number of rotatable bonds is 16. The second kappa shape index (κ2) is 19.5. The summed E-state index contributed by atoms with van der Waals surface area (Å²) in [5, 5.41) is 7.98. The number of nitrogens with one attached hydrogen (secondary N) is 2. The number of hydrogen-bond acceptors (Lipinski definition) is 7. The van der Waals surface area contributed by atoms with Gasteiger partial charge in [-0.2, -0.15) is 0 Å². The summed E-state index contributed by atoms with van der Waals surface area (Å²) in [5.74, 6) is -0.661. The van der Waals surface area contributed by atoms with Gasteiger partial charge >= 0.3 is 11.9 Å². The number of nitrogens with two attached hydrogens (primary N) is 1. The predicted octanol–water partition coefficient (Wildman–Crippen LogP) is 10.2. The zero-order valence-electron chi connectivity index (χ0n) is 26.8. The minimum Gasteiger partial charge on any atom is -0.465 e. The highest BCUT2D eigenvalue weighted by Gasteiger charge is 2.29. The second-order valence-electron chi connectivity index (χ2n) is 11.9. The summed E-state index contributed by atoms with van der Waals surface area (Å²) in [5.41, 5.74) is 10.7. The van der Waals surface area contributed by atoms with E-state index in [1.54, 1.807) is 24.3 Å². The molecule has 0 heterocycles. The van der Waals surface area contributed by atoms with Gasteiger partial charge in [-0.25, -0.2) is 4.79 Å². The molecule has 1 fully saturated rings. The van der Waals surface area contributed by atoms with Crippen LogP contribution < -0.4 is 16.4 Å². The van der Waals surface area contributed by atoms with Crippen LogP contribution >= 0.6 is 51.5 Å². The smallest absolute Gasteiger partial charge is 0.338 e. The Morgan fingerprint density at radius 1 is 0.894 bits per heavy atom. The highest BCUT2D eigenvalue weighted by Crippen LogP contribution is 2.34. The fourth-order valence-corrected chi connectivity index (χ4v) is 6.85. The van der Waals surface area contributed by atoms with Crippen molar-refractivity contribution in [3.05, 3.63) is 85.8 Å². The van der Waals surface area contributed by atoms with Crippen LogP contribution in [-0.4, -0.2) is 30.7 Å². The van der Waals surface area contributed by atoms with E-state index in [0.717, 1.165) is 48.9 Å². The minimum absolute atomic E-state index is 0. The van der Waals surface area contributed by atoms with Gasteiger partial charge in [-0.15, -0.1) is 12.4 Å². The first-order valence-electron chi connectivity index (χ1n) is 16.2. The van der Waals surface area contributed by atoms with E-state index in [1.165, 1.54) is 32.1 Å². The fraction of sp³-hybridized carbons (Fsp3) is 0.444. The van der Waals surface area contributed by atoms with Crippen LogP contribution in [-0.2, 0) is 27.2 Å². The van der Waals surface area contributed by atoms with Gasteiger partial charge in [0, 0.05) is 22.2 Å². The number of ether oxygens (including phenoxy) is 2. The summed E-state index contributed by atoms with van der Waals surface area (Å²) in [6.07, 6.45) is 10.5. The number of carbonyl (C=O) groups excluding carboxylic acids is 2. The van der Waals surface area contributed by atoms with Gasteiger partial charge in [0.05, 0.1) is 46.6 Å². The Hall–Kier alpha value is -2.49. The summed E-state index contributed by atoms with van der Waals surface area (Å²) in [6, 6.07) is 16.3.